The van der Waals surface area contributed by atoms with Crippen LogP contribution in [0.4, 0.5) is 0 Å². The van der Waals surface area contributed by atoms with Crippen molar-refractivity contribution in [1.82, 2.24) is 0 Å². The molecule has 0 amide bonds. The van der Waals surface area contributed by atoms with Gasteiger partial charge in [-0.1, -0.05) is 0 Å². The third-order valence-corrected chi connectivity index (χ3v) is 0. The van der Waals surface area contributed by atoms with Crippen LogP contribution in [0.1, 0.15) is 8.56 Å². The maximum atomic E-state index is 0. The summed E-state index contributed by atoms with van der Waals surface area (Å²) in [5.41, 5.74) is 0. The van der Waals surface area contributed by atoms with Gasteiger partial charge in [0.15, 0.2) is 0 Å². The minimum absolute atomic E-state index is 0. The van der Waals surface area contributed by atoms with Crippen LogP contribution in [0.2, 0.25) is 0 Å². The monoisotopic (exact) mass is 290 g/mol. The molecular formula is H8BaCaMgOZn. The quantitative estimate of drug-likeness (QED) is 0.497. The molecule has 0 radical (unpaired) electrons. The molecule has 0 saturated heterocycles. The third-order valence-electron chi connectivity index (χ3n) is 0. The summed E-state index contributed by atoms with van der Waals surface area (Å²) in [4.78, 5) is 0. The van der Waals surface area contributed by atoms with E-state index in [0.717, 1.165) is 0 Å². The molecule has 0 heterocycles. The van der Waals surface area contributed by atoms with Gasteiger partial charge >= 0.3 is 110 Å². The van der Waals surface area contributed by atoms with Gasteiger partial charge in [0, 0.05) is 19.5 Å². The van der Waals surface area contributed by atoms with Crippen LogP contribution in [0.3, 0.4) is 0 Å². The summed E-state index contributed by atoms with van der Waals surface area (Å²) in [5.74, 6) is 0. The summed E-state index contributed by atoms with van der Waals surface area (Å²) in [6.45, 7) is 0. The fourth-order valence-corrected chi connectivity index (χ4v) is 0. The molecule has 0 saturated carbocycles. The second-order valence-corrected chi connectivity index (χ2v) is 0. The molecule has 0 aliphatic heterocycles. The fraction of sp³-hybridized carbons (Fsp3) is 0. The van der Waals surface area contributed by atoms with Crippen LogP contribution in [0.5, 0.6) is 0 Å². The van der Waals surface area contributed by atoms with Gasteiger partial charge in [0.2, 0.25) is 0 Å². The van der Waals surface area contributed by atoms with E-state index in [1.165, 1.54) is 0 Å². The predicted molar refractivity (Wildman–Crippen MR) is 27.5 cm³/mol. The summed E-state index contributed by atoms with van der Waals surface area (Å²) < 4.78 is 0. The number of rotatable bonds is 0. The summed E-state index contributed by atoms with van der Waals surface area (Å²) in [7, 11) is 0. The van der Waals surface area contributed by atoms with Gasteiger partial charge in [-0.3, -0.25) is 0 Å². The van der Waals surface area contributed by atoms with Crippen molar-refractivity contribution >= 4 is 110 Å². The van der Waals surface area contributed by atoms with Crippen LogP contribution in [-0.2, 0) is 19.5 Å². The Labute approximate surface area is 140 Å². The summed E-state index contributed by atoms with van der Waals surface area (Å²) in [5, 5.41) is 0. The van der Waals surface area contributed by atoms with Crippen molar-refractivity contribution in [3.05, 3.63) is 0 Å². The van der Waals surface area contributed by atoms with Crippen LogP contribution < -0.4 is 0 Å². The second kappa shape index (κ2) is 24.1. The van der Waals surface area contributed by atoms with E-state index in [9.17, 15) is 0 Å². The first-order valence-electron chi connectivity index (χ1n) is 0. The Morgan fingerprint density at radius 3 is 1.20 bits per heavy atom. The van der Waals surface area contributed by atoms with Crippen LogP contribution in [-0.4, -0.2) is 115 Å². The first-order chi connectivity index (χ1) is 0. The van der Waals surface area contributed by atoms with Crippen molar-refractivity contribution in [1.29, 1.82) is 0 Å². The molecule has 0 aromatic heterocycles. The van der Waals surface area contributed by atoms with Crippen molar-refractivity contribution in [3.8, 4) is 0 Å². The molecule has 0 rings (SSSR count). The Hall–Kier alpha value is 4.18. The minimum Gasteiger partial charge on any atom is -1.00 e. The Bertz CT molecular complexity index is 22.5. The van der Waals surface area contributed by atoms with E-state index < -0.39 is 0 Å². The molecule has 22 valence electrons. The fourth-order valence-electron chi connectivity index (χ4n) is 0. The Morgan fingerprint density at radius 1 is 1.20 bits per heavy atom. The zero-order valence-electron chi connectivity index (χ0n) is 9.33. The smallest absolute Gasteiger partial charge is 1.00 e. The largest absolute Gasteiger partial charge is 2.00 e. The first kappa shape index (κ1) is 35.2. The molecule has 5 heavy (non-hydrogen) atoms. The molecule has 0 aromatic carbocycles. The summed E-state index contributed by atoms with van der Waals surface area (Å²) in [6.07, 6.45) is 0. The van der Waals surface area contributed by atoms with E-state index in [1.807, 2.05) is 0 Å². The van der Waals surface area contributed by atoms with Crippen molar-refractivity contribution in [2.24, 2.45) is 0 Å². The standard InChI is InChI=1S/Ba.Ca.Mg.H2O.Zn.6H/h;;;1H2;;;;;;;/q3*+2;;;6*-1. The molecule has 0 aliphatic rings. The first-order valence-corrected chi connectivity index (χ1v) is 0. The Kier molecular flexibility index (Phi) is 170. The van der Waals surface area contributed by atoms with E-state index in [0.29, 0.717) is 0 Å². The normalized spacial score (nSPS) is 0. The molecule has 1 nitrogen and oxygen atoms in total. The van der Waals surface area contributed by atoms with Crippen molar-refractivity contribution in [2.45, 2.75) is 0 Å². The van der Waals surface area contributed by atoms with Gasteiger partial charge in [-0.2, -0.15) is 0 Å². The van der Waals surface area contributed by atoms with E-state index in [2.05, 4.69) is 0 Å². The van der Waals surface area contributed by atoms with E-state index in [4.69, 9.17) is 0 Å². The maximum Gasteiger partial charge on any atom is 2.00 e. The molecule has 2 N–H and O–H groups in total. The average molecular weight is 291 g/mol. The zero-order valence-corrected chi connectivity index (χ0v) is 14.4. The van der Waals surface area contributed by atoms with Crippen molar-refractivity contribution in [3.63, 3.8) is 0 Å². The summed E-state index contributed by atoms with van der Waals surface area (Å²) >= 11 is 0. The van der Waals surface area contributed by atoms with Gasteiger partial charge in [-0.05, 0) is 0 Å². The van der Waals surface area contributed by atoms with Crippen molar-refractivity contribution in [2.75, 3.05) is 0 Å². The van der Waals surface area contributed by atoms with Crippen LogP contribution in [0, 0.1) is 0 Å². The molecule has 0 spiro atoms. The second-order valence-electron chi connectivity index (χ2n) is 0. The van der Waals surface area contributed by atoms with Crippen LogP contribution in [0.25, 0.3) is 0 Å². The van der Waals surface area contributed by atoms with Gasteiger partial charge in [0.05, 0.1) is 0 Å². The maximum absolute atomic E-state index is 0. The van der Waals surface area contributed by atoms with E-state index in [-0.39, 0.29) is 143 Å². The Balaban J connectivity index is 0. The number of hydrogen-bond donors (Lipinski definition) is 0. The molecule has 0 fully saturated rings. The molecule has 0 aliphatic carbocycles. The third kappa shape index (κ3) is 17.9. The average Bonchev–Trinajstić information content (AvgIpc) is 0. The molecule has 0 unspecified atom stereocenters. The topological polar surface area (TPSA) is 31.5 Å². The number of hydrogen-bond acceptors (Lipinski definition) is 0. The molecular weight excluding hydrogens is 283 g/mol. The molecule has 5 heteroatoms. The van der Waals surface area contributed by atoms with E-state index >= 15 is 0 Å². The zero-order chi connectivity index (χ0) is 0. The van der Waals surface area contributed by atoms with Gasteiger partial charge in [0.25, 0.3) is 0 Å². The summed E-state index contributed by atoms with van der Waals surface area (Å²) in [6, 6.07) is 0. The predicted octanol–water partition coefficient (Wildman–Crippen LogP) is -1.29. The SMILES string of the molecule is O.[Ba+2].[Ca+2].[H-].[H-].[H-].[H-].[H-].[H-].[Mg+2].[Zn]. The van der Waals surface area contributed by atoms with Gasteiger partial charge in [-0.25, -0.2) is 0 Å². The van der Waals surface area contributed by atoms with E-state index in [1.54, 1.807) is 0 Å². The molecule has 0 aromatic rings. The molecule has 0 atom stereocenters. The molecule has 0 bridgehead atoms. The van der Waals surface area contributed by atoms with Crippen LogP contribution in [0.15, 0.2) is 0 Å². The van der Waals surface area contributed by atoms with Crippen molar-refractivity contribution < 1.29 is 33.5 Å². The van der Waals surface area contributed by atoms with Gasteiger partial charge < -0.3 is 14.0 Å². The minimum atomic E-state index is 0. The van der Waals surface area contributed by atoms with Gasteiger partial charge in [0.1, 0.15) is 0 Å². The Morgan fingerprint density at radius 2 is 1.20 bits per heavy atom. The van der Waals surface area contributed by atoms with Crippen LogP contribution >= 0.6 is 0 Å². The van der Waals surface area contributed by atoms with Gasteiger partial charge in [-0.15, -0.1) is 0 Å².